The van der Waals surface area contributed by atoms with Crippen LogP contribution in [0.2, 0.25) is 5.02 Å². The van der Waals surface area contributed by atoms with Crippen molar-refractivity contribution < 1.29 is 13.2 Å². The fraction of sp³-hybridized carbons (Fsp3) is 0.167. The van der Waals surface area contributed by atoms with Crippen LogP contribution in [0.15, 0.2) is 58.2 Å². The number of halogens is 1. The number of para-hydroxylation sites is 1. The summed E-state index contributed by atoms with van der Waals surface area (Å²) in [5, 5.41) is 0.291. The molecule has 7 nitrogen and oxygen atoms in total. The molecule has 1 N–H and O–H groups in total. The van der Waals surface area contributed by atoms with Crippen LogP contribution in [-0.4, -0.2) is 24.9 Å². The van der Waals surface area contributed by atoms with E-state index >= 15 is 0 Å². The summed E-state index contributed by atoms with van der Waals surface area (Å²) in [6.45, 7) is 1.67. The summed E-state index contributed by atoms with van der Waals surface area (Å²) in [4.78, 5) is 12.8. The van der Waals surface area contributed by atoms with Crippen LogP contribution in [0, 0.1) is 6.92 Å². The van der Waals surface area contributed by atoms with Crippen LogP contribution < -0.4 is 15.0 Å². The minimum absolute atomic E-state index is 0.0183. The molecule has 0 saturated carbocycles. The summed E-state index contributed by atoms with van der Waals surface area (Å²) in [5.41, 5.74) is 0.626. The van der Waals surface area contributed by atoms with Gasteiger partial charge in [-0.3, -0.25) is 14.2 Å². The van der Waals surface area contributed by atoms with Crippen molar-refractivity contribution in [3.05, 3.63) is 69.6 Å². The number of ether oxygens (including phenoxy) is 1. The third kappa shape index (κ3) is 3.45. The number of sulfonamides is 1. The third-order valence-corrected chi connectivity index (χ3v) is 5.88. The van der Waals surface area contributed by atoms with Crippen LogP contribution >= 0.6 is 11.6 Å². The molecular formula is C18H18ClN3O4S. The molecule has 0 aliphatic rings. The minimum atomic E-state index is -4.01. The van der Waals surface area contributed by atoms with E-state index in [0.29, 0.717) is 16.4 Å². The number of nitrogens with zero attached hydrogens (tertiary/aromatic N) is 2. The van der Waals surface area contributed by atoms with Gasteiger partial charge in [-0.15, -0.1) is 0 Å². The zero-order valence-electron chi connectivity index (χ0n) is 14.9. The average Bonchev–Trinajstić information content (AvgIpc) is 2.86. The molecule has 142 valence electrons. The van der Waals surface area contributed by atoms with E-state index in [2.05, 4.69) is 4.72 Å². The summed E-state index contributed by atoms with van der Waals surface area (Å²) in [6.07, 6.45) is 0. The van der Waals surface area contributed by atoms with Crippen LogP contribution in [0.4, 0.5) is 5.69 Å². The number of methoxy groups -OCH3 is 1. The minimum Gasteiger partial charge on any atom is -0.495 e. The molecule has 0 fully saturated rings. The van der Waals surface area contributed by atoms with Gasteiger partial charge in [0.15, 0.2) is 0 Å². The van der Waals surface area contributed by atoms with Crippen molar-refractivity contribution in [3.8, 4) is 11.4 Å². The number of anilines is 1. The fourth-order valence-corrected chi connectivity index (χ4v) is 4.01. The molecule has 0 radical (unpaired) electrons. The lowest BCUT2D eigenvalue weighted by Gasteiger charge is -2.09. The first-order chi connectivity index (χ1) is 12.8. The molecule has 0 bridgehead atoms. The number of hydrogen-bond donors (Lipinski definition) is 1. The Kier molecular flexibility index (Phi) is 5.03. The van der Waals surface area contributed by atoms with Crippen molar-refractivity contribution in [1.82, 2.24) is 9.36 Å². The van der Waals surface area contributed by atoms with Gasteiger partial charge < -0.3 is 4.74 Å². The topological polar surface area (TPSA) is 82.3 Å². The second-order valence-electron chi connectivity index (χ2n) is 5.84. The molecule has 9 heteroatoms. The van der Waals surface area contributed by atoms with E-state index in [1.165, 1.54) is 30.0 Å². The van der Waals surface area contributed by atoms with Gasteiger partial charge in [-0.05, 0) is 31.2 Å². The predicted molar refractivity (Wildman–Crippen MR) is 105 cm³/mol. The van der Waals surface area contributed by atoms with Gasteiger partial charge in [-0.1, -0.05) is 29.8 Å². The SMILES string of the molecule is COc1cc(S(=O)(=O)Nc2c(C)n(C)n(-c3ccccc3)c2=O)ccc1Cl. The lowest BCUT2D eigenvalue weighted by molar-refractivity contribution is 0.413. The summed E-state index contributed by atoms with van der Waals surface area (Å²) < 4.78 is 36.0. The van der Waals surface area contributed by atoms with Gasteiger partial charge in [0, 0.05) is 13.1 Å². The molecule has 3 aromatic rings. The van der Waals surface area contributed by atoms with Crippen LogP contribution in [-0.2, 0) is 17.1 Å². The quantitative estimate of drug-likeness (QED) is 0.704. The Morgan fingerprint density at radius 2 is 1.78 bits per heavy atom. The Hall–Kier alpha value is -2.71. The fourth-order valence-electron chi connectivity index (χ4n) is 2.69. The van der Waals surface area contributed by atoms with Gasteiger partial charge in [0.25, 0.3) is 15.6 Å². The summed E-state index contributed by atoms with van der Waals surface area (Å²) in [5.74, 6) is 0.228. The molecule has 0 atom stereocenters. The van der Waals surface area contributed by atoms with E-state index in [-0.39, 0.29) is 16.3 Å². The smallest absolute Gasteiger partial charge is 0.296 e. The molecule has 0 aliphatic heterocycles. The highest BCUT2D eigenvalue weighted by atomic mass is 35.5. The first kappa shape index (κ1) is 19.1. The molecule has 0 amide bonds. The molecule has 1 aromatic heterocycles. The Labute approximate surface area is 161 Å². The van der Waals surface area contributed by atoms with Crippen LogP contribution in [0.25, 0.3) is 5.69 Å². The first-order valence-electron chi connectivity index (χ1n) is 7.96. The van der Waals surface area contributed by atoms with Gasteiger partial charge in [-0.25, -0.2) is 13.1 Å². The molecule has 3 rings (SSSR count). The molecule has 0 spiro atoms. The lowest BCUT2D eigenvalue weighted by atomic mass is 10.3. The van der Waals surface area contributed by atoms with Crippen molar-refractivity contribution in [2.45, 2.75) is 11.8 Å². The number of benzene rings is 2. The maximum absolute atomic E-state index is 12.9. The predicted octanol–water partition coefficient (Wildman–Crippen LogP) is 2.95. The molecular weight excluding hydrogens is 390 g/mol. The second-order valence-corrected chi connectivity index (χ2v) is 7.93. The highest BCUT2D eigenvalue weighted by Crippen LogP contribution is 2.28. The Morgan fingerprint density at radius 1 is 1.11 bits per heavy atom. The number of rotatable bonds is 5. The highest BCUT2D eigenvalue weighted by molar-refractivity contribution is 7.92. The molecule has 27 heavy (non-hydrogen) atoms. The van der Waals surface area contributed by atoms with Crippen LogP contribution in [0.3, 0.4) is 0 Å². The normalized spacial score (nSPS) is 11.4. The van der Waals surface area contributed by atoms with Crippen molar-refractivity contribution in [2.24, 2.45) is 7.05 Å². The van der Waals surface area contributed by atoms with E-state index in [1.54, 1.807) is 42.9 Å². The van der Waals surface area contributed by atoms with Crippen molar-refractivity contribution in [2.75, 3.05) is 11.8 Å². The first-order valence-corrected chi connectivity index (χ1v) is 9.82. The van der Waals surface area contributed by atoms with E-state index in [4.69, 9.17) is 16.3 Å². The zero-order chi connectivity index (χ0) is 19.8. The Morgan fingerprint density at radius 3 is 2.41 bits per heavy atom. The van der Waals surface area contributed by atoms with E-state index in [0.717, 1.165) is 0 Å². The monoisotopic (exact) mass is 407 g/mol. The van der Waals surface area contributed by atoms with Gasteiger partial charge >= 0.3 is 0 Å². The van der Waals surface area contributed by atoms with Crippen molar-refractivity contribution in [1.29, 1.82) is 0 Å². The molecule has 2 aromatic carbocycles. The largest absolute Gasteiger partial charge is 0.495 e. The van der Waals surface area contributed by atoms with Gasteiger partial charge in [-0.2, -0.15) is 0 Å². The number of hydrogen-bond acceptors (Lipinski definition) is 4. The number of aromatic nitrogens is 2. The van der Waals surface area contributed by atoms with E-state index in [1.807, 2.05) is 6.07 Å². The average molecular weight is 408 g/mol. The van der Waals surface area contributed by atoms with Crippen molar-refractivity contribution in [3.63, 3.8) is 0 Å². The maximum Gasteiger partial charge on any atom is 0.296 e. The molecule has 1 heterocycles. The third-order valence-electron chi connectivity index (χ3n) is 4.22. The highest BCUT2D eigenvalue weighted by Gasteiger charge is 2.23. The van der Waals surface area contributed by atoms with Crippen molar-refractivity contribution >= 4 is 27.3 Å². The van der Waals surface area contributed by atoms with Gasteiger partial charge in [0.2, 0.25) is 0 Å². The van der Waals surface area contributed by atoms with Gasteiger partial charge in [0.1, 0.15) is 11.4 Å². The van der Waals surface area contributed by atoms with E-state index < -0.39 is 15.6 Å². The number of nitrogens with one attached hydrogen (secondary N) is 1. The Balaban J connectivity index is 2.07. The maximum atomic E-state index is 12.9. The second kappa shape index (κ2) is 7.13. The summed E-state index contributed by atoms with van der Waals surface area (Å²) in [6, 6.07) is 13.0. The zero-order valence-corrected chi connectivity index (χ0v) is 16.5. The standard InChI is InChI=1S/C18H18ClN3O4S/c1-12-17(18(23)22(21(12)2)13-7-5-4-6-8-13)20-27(24,25)14-9-10-15(19)16(11-14)26-3/h4-11,20H,1-3H3. The van der Waals surface area contributed by atoms with E-state index in [9.17, 15) is 13.2 Å². The molecule has 0 aliphatic carbocycles. The van der Waals surface area contributed by atoms with Gasteiger partial charge in [0.05, 0.1) is 28.4 Å². The summed E-state index contributed by atoms with van der Waals surface area (Å²) >= 11 is 5.95. The summed E-state index contributed by atoms with van der Waals surface area (Å²) in [7, 11) is -0.927. The lowest BCUT2D eigenvalue weighted by Crippen LogP contribution is -2.23. The van der Waals surface area contributed by atoms with Crippen LogP contribution in [0.5, 0.6) is 5.75 Å². The molecule has 0 unspecified atom stereocenters. The Bertz CT molecular complexity index is 1150. The van der Waals surface area contributed by atoms with Crippen LogP contribution in [0.1, 0.15) is 5.69 Å². The molecule has 0 saturated heterocycles.